The van der Waals surface area contributed by atoms with Gasteiger partial charge in [-0.25, -0.2) is 4.98 Å². The molecule has 2 aromatic rings. The zero-order valence-corrected chi connectivity index (χ0v) is 20.5. The predicted molar refractivity (Wildman–Crippen MR) is 132 cm³/mol. The standard InChI is InChI=1S/C27H36N4O3/c1-19-15-31(20(2)18-32)27(33)24-13-22(21-9-5-4-6-10-21)14-29-26(24)34-25(19)17-30(3)16-23-11-7-8-12-28-23/h7-9,11-14,19-20,25,32H,4-6,10,15-18H2,1-3H3/t19-,20-,25+/m1/s1. The molecule has 2 aromatic heterocycles. The molecule has 0 radical (unpaired) electrons. The third-order valence-corrected chi connectivity index (χ3v) is 6.83. The summed E-state index contributed by atoms with van der Waals surface area (Å²) in [6, 6.07) is 7.57. The molecule has 1 amide bonds. The van der Waals surface area contributed by atoms with Gasteiger partial charge in [0.25, 0.3) is 5.91 Å². The molecule has 1 N–H and O–H groups in total. The molecule has 7 nitrogen and oxygen atoms in total. The number of aliphatic hydroxyl groups is 1. The Hall–Kier alpha value is -2.77. The minimum absolute atomic E-state index is 0.0554. The Kier molecular flexibility index (Phi) is 7.95. The number of allylic oxidation sites excluding steroid dienone is 2. The number of carbonyl (C=O) groups excluding carboxylic acids is 1. The van der Waals surface area contributed by atoms with Gasteiger partial charge in [-0.15, -0.1) is 0 Å². The predicted octanol–water partition coefficient (Wildman–Crippen LogP) is 3.79. The highest BCUT2D eigenvalue weighted by Gasteiger charge is 2.34. The molecule has 0 bridgehead atoms. The number of fused-ring (bicyclic) bond motifs is 1. The number of carbonyl (C=O) groups is 1. The van der Waals surface area contributed by atoms with Crippen molar-refractivity contribution in [2.45, 2.75) is 58.2 Å². The lowest BCUT2D eigenvalue weighted by Crippen LogP contribution is -2.49. The second-order valence-corrected chi connectivity index (χ2v) is 9.69. The molecule has 0 spiro atoms. The van der Waals surface area contributed by atoms with Gasteiger partial charge in [0, 0.05) is 37.9 Å². The molecular weight excluding hydrogens is 428 g/mol. The maximum Gasteiger partial charge on any atom is 0.259 e. The lowest BCUT2D eigenvalue weighted by molar-refractivity contribution is 0.0324. The molecule has 34 heavy (non-hydrogen) atoms. The molecule has 0 unspecified atom stereocenters. The van der Waals surface area contributed by atoms with Gasteiger partial charge in [0.05, 0.1) is 18.3 Å². The van der Waals surface area contributed by atoms with E-state index < -0.39 is 0 Å². The Morgan fingerprint density at radius 1 is 1.29 bits per heavy atom. The van der Waals surface area contributed by atoms with Crippen LogP contribution in [0.5, 0.6) is 5.88 Å². The van der Waals surface area contributed by atoms with E-state index in [0.29, 0.717) is 31.1 Å². The minimum Gasteiger partial charge on any atom is -0.472 e. The summed E-state index contributed by atoms with van der Waals surface area (Å²) in [7, 11) is 2.05. The monoisotopic (exact) mass is 464 g/mol. The molecule has 7 heteroatoms. The average molecular weight is 465 g/mol. The average Bonchev–Trinajstić information content (AvgIpc) is 2.86. The van der Waals surface area contributed by atoms with Crippen LogP contribution in [-0.2, 0) is 6.54 Å². The third kappa shape index (κ3) is 5.65. The Bertz CT molecular complexity index is 1010. The molecule has 2 aliphatic rings. The smallest absolute Gasteiger partial charge is 0.259 e. The van der Waals surface area contributed by atoms with Crippen LogP contribution >= 0.6 is 0 Å². The molecule has 3 atom stereocenters. The van der Waals surface area contributed by atoms with Crippen molar-refractivity contribution in [2.24, 2.45) is 5.92 Å². The number of nitrogens with zero attached hydrogens (tertiary/aromatic N) is 4. The molecule has 0 saturated heterocycles. The fourth-order valence-electron chi connectivity index (χ4n) is 4.74. The number of aliphatic hydroxyl groups excluding tert-OH is 1. The third-order valence-electron chi connectivity index (χ3n) is 6.83. The van der Waals surface area contributed by atoms with Crippen molar-refractivity contribution in [3.05, 3.63) is 59.6 Å². The van der Waals surface area contributed by atoms with Crippen LogP contribution in [0.2, 0.25) is 0 Å². The van der Waals surface area contributed by atoms with Crippen molar-refractivity contribution in [2.75, 3.05) is 26.7 Å². The van der Waals surface area contributed by atoms with E-state index in [4.69, 9.17) is 4.74 Å². The van der Waals surface area contributed by atoms with Crippen LogP contribution in [0.15, 0.2) is 42.7 Å². The largest absolute Gasteiger partial charge is 0.472 e. The van der Waals surface area contributed by atoms with E-state index >= 15 is 0 Å². The molecule has 1 aliphatic carbocycles. The Morgan fingerprint density at radius 2 is 2.15 bits per heavy atom. The van der Waals surface area contributed by atoms with Crippen molar-refractivity contribution in [3.8, 4) is 5.88 Å². The summed E-state index contributed by atoms with van der Waals surface area (Å²) in [5, 5.41) is 9.87. The molecular formula is C27H36N4O3. The Morgan fingerprint density at radius 3 is 2.85 bits per heavy atom. The second kappa shape index (κ2) is 11.1. The number of rotatable bonds is 7. The first-order valence-corrected chi connectivity index (χ1v) is 12.3. The SMILES string of the molecule is C[C@@H]1CN([C@H](C)CO)C(=O)c2cc(C3=CCCCC3)cnc2O[C@H]1CN(C)Cc1ccccn1. The van der Waals surface area contributed by atoms with Crippen molar-refractivity contribution in [1.29, 1.82) is 0 Å². The van der Waals surface area contributed by atoms with Gasteiger partial charge in [-0.2, -0.15) is 0 Å². The number of aromatic nitrogens is 2. The number of likely N-dealkylation sites (N-methyl/N-ethyl adjacent to an activating group) is 1. The number of pyridine rings is 2. The van der Waals surface area contributed by atoms with Gasteiger partial charge in [0.2, 0.25) is 5.88 Å². The molecule has 4 rings (SSSR count). The van der Waals surface area contributed by atoms with Gasteiger partial charge < -0.3 is 14.7 Å². The summed E-state index contributed by atoms with van der Waals surface area (Å²) in [6.45, 7) is 5.77. The van der Waals surface area contributed by atoms with Crippen molar-refractivity contribution < 1.29 is 14.6 Å². The van der Waals surface area contributed by atoms with Crippen LogP contribution in [0.25, 0.3) is 5.57 Å². The van der Waals surface area contributed by atoms with E-state index in [2.05, 4.69) is 34.9 Å². The molecule has 0 aromatic carbocycles. The van der Waals surface area contributed by atoms with Gasteiger partial charge >= 0.3 is 0 Å². The van der Waals surface area contributed by atoms with Crippen LogP contribution in [-0.4, -0.2) is 69.7 Å². The summed E-state index contributed by atoms with van der Waals surface area (Å²) >= 11 is 0. The van der Waals surface area contributed by atoms with Gasteiger partial charge in [0.1, 0.15) is 11.7 Å². The number of hydrogen-bond donors (Lipinski definition) is 1. The van der Waals surface area contributed by atoms with E-state index in [1.54, 1.807) is 11.1 Å². The first-order chi connectivity index (χ1) is 16.5. The summed E-state index contributed by atoms with van der Waals surface area (Å²) in [6.07, 6.45) is 10.2. The van der Waals surface area contributed by atoms with Crippen LogP contribution in [0.1, 0.15) is 61.1 Å². The van der Waals surface area contributed by atoms with Gasteiger partial charge in [0.15, 0.2) is 0 Å². The van der Waals surface area contributed by atoms with Gasteiger partial charge in [-0.1, -0.05) is 19.1 Å². The van der Waals surface area contributed by atoms with E-state index in [-0.39, 0.29) is 30.6 Å². The van der Waals surface area contributed by atoms with Gasteiger partial charge in [-0.05, 0) is 69.0 Å². The first-order valence-electron chi connectivity index (χ1n) is 12.3. The topological polar surface area (TPSA) is 78.8 Å². The van der Waals surface area contributed by atoms with Crippen LogP contribution in [0, 0.1) is 5.92 Å². The molecule has 182 valence electrons. The fraction of sp³-hybridized carbons (Fsp3) is 0.519. The number of hydrogen-bond acceptors (Lipinski definition) is 6. The summed E-state index contributed by atoms with van der Waals surface area (Å²) in [5.41, 5.74) is 3.72. The van der Waals surface area contributed by atoms with Crippen LogP contribution < -0.4 is 4.74 Å². The van der Waals surface area contributed by atoms with E-state index in [1.165, 1.54) is 12.0 Å². The molecule has 0 saturated carbocycles. The highest BCUT2D eigenvalue weighted by Crippen LogP contribution is 2.32. The zero-order chi connectivity index (χ0) is 24.1. The maximum atomic E-state index is 13.6. The van der Waals surface area contributed by atoms with Crippen LogP contribution in [0.4, 0.5) is 0 Å². The van der Waals surface area contributed by atoms with Crippen LogP contribution in [0.3, 0.4) is 0 Å². The van der Waals surface area contributed by atoms with E-state index in [0.717, 1.165) is 30.5 Å². The quantitative estimate of drug-likeness (QED) is 0.672. The maximum absolute atomic E-state index is 13.6. The molecule has 0 fully saturated rings. The lowest BCUT2D eigenvalue weighted by atomic mass is 9.93. The van der Waals surface area contributed by atoms with E-state index in [9.17, 15) is 9.90 Å². The fourth-order valence-corrected chi connectivity index (χ4v) is 4.74. The van der Waals surface area contributed by atoms with Gasteiger partial charge in [-0.3, -0.25) is 14.7 Å². The number of ether oxygens (including phenoxy) is 1. The first kappa shape index (κ1) is 24.4. The van der Waals surface area contributed by atoms with Crippen molar-refractivity contribution >= 4 is 11.5 Å². The molecule has 3 heterocycles. The zero-order valence-electron chi connectivity index (χ0n) is 20.5. The summed E-state index contributed by atoms with van der Waals surface area (Å²) < 4.78 is 6.43. The van der Waals surface area contributed by atoms with E-state index in [1.807, 2.05) is 37.4 Å². The van der Waals surface area contributed by atoms with Crippen molar-refractivity contribution in [1.82, 2.24) is 19.8 Å². The highest BCUT2D eigenvalue weighted by molar-refractivity contribution is 5.97. The second-order valence-electron chi connectivity index (χ2n) is 9.69. The minimum atomic E-state index is -0.287. The van der Waals surface area contributed by atoms with Crippen molar-refractivity contribution in [3.63, 3.8) is 0 Å². The Labute approximate surface area is 202 Å². The Balaban J connectivity index is 1.63. The molecule has 1 aliphatic heterocycles. The number of amides is 1. The normalized spacial score (nSPS) is 21.9. The lowest BCUT2D eigenvalue weighted by Gasteiger charge is -2.37. The summed E-state index contributed by atoms with van der Waals surface area (Å²) in [4.78, 5) is 26.6. The highest BCUT2D eigenvalue weighted by atomic mass is 16.5. The summed E-state index contributed by atoms with van der Waals surface area (Å²) in [5.74, 6) is 0.303.